The summed E-state index contributed by atoms with van der Waals surface area (Å²) in [5.41, 5.74) is 0.203. The maximum atomic E-state index is 5.98. The third-order valence-electron chi connectivity index (χ3n) is 3.99. The Bertz CT molecular complexity index is 204. The highest BCUT2D eigenvalue weighted by Crippen LogP contribution is 2.45. The van der Waals surface area contributed by atoms with Crippen molar-refractivity contribution in [2.75, 3.05) is 12.4 Å². The number of rotatable bonds is 1. The second-order valence-corrected chi connectivity index (χ2v) is 6.61. The van der Waals surface area contributed by atoms with E-state index in [1.807, 2.05) is 0 Å². The van der Waals surface area contributed by atoms with Gasteiger partial charge in [0.05, 0.1) is 12.2 Å². The fraction of sp³-hybridized carbons (Fsp3) is 1.00. The molecule has 0 N–H and O–H groups in total. The molecule has 0 aromatic carbocycles. The van der Waals surface area contributed by atoms with E-state index in [0.29, 0.717) is 0 Å². The molecule has 0 bridgehead atoms. The molecular formula is C12H22OS. The SMILES string of the molecule is CC(C)[C@@H]1CC[C@]2(C)OCCSC2C1. The molecule has 0 radical (unpaired) electrons. The summed E-state index contributed by atoms with van der Waals surface area (Å²) >= 11 is 2.14. The molecule has 1 heterocycles. The first-order valence-electron chi connectivity index (χ1n) is 5.87. The molecule has 0 aromatic heterocycles. The van der Waals surface area contributed by atoms with Crippen LogP contribution in [0.4, 0.5) is 0 Å². The summed E-state index contributed by atoms with van der Waals surface area (Å²) in [5, 5.41) is 0.761. The molecule has 2 fully saturated rings. The zero-order valence-corrected chi connectivity index (χ0v) is 10.4. The summed E-state index contributed by atoms with van der Waals surface area (Å²) in [6.07, 6.45) is 4.01. The van der Waals surface area contributed by atoms with Crippen LogP contribution in [-0.2, 0) is 4.74 Å². The molecule has 14 heavy (non-hydrogen) atoms. The van der Waals surface area contributed by atoms with Gasteiger partial charge in [-0.25, -0.2) is 0 Å². The second kappa shape index (κ2) is 4.05. The molecule has 0 spiro atoms. The van der Waals surface area contributed by atoms with E-state index in [4.69, 9.17) is 4.74 Å². The van der Waals surface area contributed by atoms with E-state index in [2.05, 4.69) is 32.5 Å². The highest BCUT2D eigenvalue weighted by molar-refractivity contribution is 8.00. The van der Waals surface area contributed by atoms with Gasteiger partial charge in [0, 0.05) is 11.0 Å². The van der Waals surface area contributed by atoms with Gasteiger partial charge >= 0.3 is 0 Å². The Morgan fingerprint density at radius 2 is 2.21 bits per heavy atom. The molecule has 1 aliphatic heterocycles. The lowest BCUT2D eigenvalue weighted by Crippen LogP contribution is -2.49. The first-order valence-corrected chi connectivity index (χ1v) is 6.92. The van der Waals surface area contributed by atoms with Crippen LogP contribution in [0.25, 0.3) is 0 Å². The Kier molecular flexibility index (Phi) is 3.13. The van der Waals surface area contributed by atoms with E-state index in [1.54, 1.807) is 0 Å². The van der Waals surface area contributed by atoms with Crippen LogP contribution >= 0.6 is 11.8 Å². The van der Waals surface area contributed by atoms with Crippen molar-refractivity contribution in [3.63, 3.8) is 0 Å². The predicted octanol–water partition coefficient (Wildman–Crippen LogP) is 3.33. The van der Waals surface area contributed by atoms with Gasteiger partial charge in [-0.15, -0.1) is 0 Å². The zero-order chi connectivity index (χ0) is 10.2. The third kappa shape index (κ3) is 1.96. The van der Waals surface area contributed by atoms with Crippen molar-refractivity contribution < 1.29 is 4.74 Å². The lowest BCUT2D eigenvalue weighted by atomic mass is 9.75. The molecule has 1 saturated heterocycles. The van der Waals surface area contributed by atoms with Crippen molar-refractivity contribution in [1.29, 1.82) is 0 Å². The molecular weight excluding hydrogens is 192 g/mol. The second-order valence-electron chi connectivity index (χ2n) is 5.30. The highest BCUT2D eigenvalue weighted by Gasteiger charge is 2.43. The molecule has 1 aliphatic carbocycles. The van der Waals surface area contributed by atoms with Crippen LogP contribution in [0.1, 0.15) is 40.0 Å². The Morgan fingerprint density at radius 1 is 1.43 bits per heavy atom. The number of hydrogen-bond acceptors (Lipinski definition) is 2. The van der Waals surface area contributed by atoms with Crippen LogP contribution in [0.2, 0.25) is 0 Å². The van der Waals surface area contributed by atoms with Gasteiger partial charge in [0.15, 0.2) is 0 Å². The standard InChI is InChI=1S/C12H22OS/c1-9(2)10-4-5-12(3)11(8-10)14-7-6-13-12/h9-11H,4-8H2,1-3H3/t10-,11?,12+/m1/s1. The Hall–Kier alpha value is 0.310. The summed E-state index contributed by atoms with van der Waals surface area (Å²) < 4.78 is 5.98. The maximum Gasteiger partial charge on any atom is 0.0773 e. The highest BCUT2D eigenvalue weighted by atomic mass is 32.2. The van der Waals surface area contributed by atoms with Gasteiger partial charge < -0.3 is 4.74 Å². The lowest BCUT2D eigenvalue weighted by Gasteiger charge is -2.47. The molecule has 1 nitrogen and oxygen atoms in total. The molecule has 0 aromatic rings. The molecule has 2 heteroatoms. The Balaban J connectivity index is 2.02. The predicted molar refractivity (Wildman–Crippen MR) is 62.8 cm³/mol. The quantitative estimate of drug-likeness (QED) is 0.662. The van der Waals surface area contributed by atoms with Crippen molar-refractivity contribution in [3.8, 4) is 0 Å². The first kappa shape index (κ1) is 10.8. The van der Waals surface area contributed by atoms with Crippen LogP contribution in [0.3, 0.4) is 0 Å². The monoisotopic (exact) mass is 214 g/mol. The molecule has 1 unspecified atom stereocenters. The van der Waals surface area contributed by atoms with E-state index < -0.39 is 0 Å². The lowest BCUT2D eigenvalue weighted by molar-refractivity contribution is -0.0620. The largest absolute Gasteiger partial charge is 0.373 e. The van der Waals surface area contributed by atoms with Crippen LogP contribution in [0.15, 0.2) is 0 Å². The Morgan fingerprint density at radius 3 is 2.93 bits per heavy atom. The number of thioether (sulfide) groups is 1. The zero-order valence-electron chi connectivity index (χ0n) is 9.58. The number of hydrogen-bond donors (Lipinski definition) is 0. The molecule has 1 saturated carbocycles. The fourth-order valence-electron chi connectivity index (χ4n) is 2.76. The smallest absolute Gasteiger partial charge is 0.0773 e. The summed E-state index contributed by atoms with van der Waals surface area (Å²) in [7, 11) is 0. The first-order chi connectivity index (χ1) is 6.62. The normalized spacial score (nSPS) is 43.7. The van der Waals surface area contributed by atoms with Gasteiger partial charge in [0.25, 0.3) is 0 Å². The average Bonchev–Trinajstić information content (AvgIpc) is 2.16. The van der Waals surface area contributed by atoms with Gasteiger partial charge in [-0.1, -0.05) is 13.8 Å². The summed E-state index contributed by atoms with van der Waals surface area (Å²) in [5.74, 6) is 2.98. The number of fused-ring (bicyclic) bond motifs is 1. The van der Waals surface area contributed by atoms with Crippen LogP contribution < -0.4 is 0 Å². The average molecular weight is 214 g/mol. The third-order valence-corrected chi connectivity index (χ3v) is 5.48. The van der Waals surface area contributed by atoms with Crippen molar-refractivity contribution in [3.05, 3.63) is 0 Å². The van der Waals surface area contributed by atoms with E-state index in [1.165, 1.54) is 25.0 Å². The molecule has 82 valence electrons. The van der Waals surface area contributed by atoms with E-state index in [9.17, 15) is 0 Å². The summed E-state index contributed by atoms with van der Waals surface area (Å²) in [6.45, 7) is 8.01. The Labute approximate surface area is 92.0 Å². The minimum atomic E-state index is 0.203. The van der Waals surface area contributed by atoms with Gasteiger partial charge in [0.1, 0.15) is 0 Å². The maximum absolute atomic E-state index is 5.98. The van der Waals surface area contributed by atoms with Crippen LogP contribution in [0, 0.1) is 11.8 Å². The van der Waals surface area contributed by atoms with Gasteiger partial charge in [0.2, 0.25) is 0 Å². The van der Waals surface area contributed by atoms with Gasteiger partial charge in [-0.3, -0.25) is 0 Å². The van der Waals surface area contributed by atoms with Crippen molar-refractivity contribution in [2.45, 2.75) is 50.9 Å². The number of ether oxygens (including phenoxy) is 1. The molecule has 2 aliphatic rings. The van der Waals surface area contributed by atoms with Crippen LogP contribution in [-0.4, -0.2) is 23.2 Å². The van der Waals surface area contributed by atoms with Crippen molar-refractivity contribution >= 4 is 11.8 Å². The summed E-state index contributed by atoms with van der Waals surface area (Å²) in [6, 6.07) is 0. The van der Waals surface area contributed by atoms with Crippen molar-refractivity contribution in [2.24, 2.45) is 11.8 Å². The molecule has 0 amide bonds. The van der Waals surface area contributed by atoms with E-state index in [0.717, 1.165) is 23.7 Å². The molecule has 2 rings (SSSR count). The van der Waals surface area contributed by atoms with Gasteiger partial charge in [-0.05, 0) is 38.0 Å². The van der Waals surface area contributed by atoms with E-state index >= 15 is 0 Å². The molecule has 3 atom stereocenters. The van der Waals surface area contributed by atoms with E-state index in [-0.39, 0.29) is 5.60 Å². The topological polar surface area (TPSA) is 9.23 Å². The summed E-state index contributed by atoms with van der Waals surface area (Å²) in [4.78, 5) is 0. The van der Waals surface area contributed by atoms with Gasteiger partial charge in [-0.2, -0.15) is 11.8 Å². The minimum Gasteiger partial charge on any atom is -0.373 e. The van der Waals surface area contributed by atoms with Crippen molar-refractivity contribution in [1.82, 2.24) is 0 Å². The van der Waals surface area contributed by atoms with Crippen LogP contribution in [0.5, 0.6) is 0 Å². The fourth-order valence-corrected chi connectivity index (χ4v) is 4.14. The minimum absolute atomic E-state index is 0.203.